The van der Waals surface area contributed by atoms with E-state index in [4.69, 9.17) is 5.84 Å². The molecular weight excluding hydrogens is 214 g/mol. The second kappa shape index (κ2) is 4.84. The van der Waals surface area contributed by atoms with Gasteiger partial charge in [-0.2, -0.15) is 0 Å². The highest BCUT2D eigenvalue weighted by molar-refractivity contribution is 5.93. The molecule has 0 aliphatic carbocycles. The SMILES string of the molecule is CCc1ccccc1-n1cccc1C(=O)NN. The maximum Gasteiger partial charge on any atom is 0.282 e. The van der Waals surface area contributed by atoms with E-state index in [0.717, 1.165) is 12.1 Å². The van der Waals surface area contributed by atoms with E-state index in [1.165, 1.54) is 5.56 Å². The standard InChI is InChI=1S/C13H15N3O/c1-2-10-6-3-4-7-11(10)16-9-5-8-12(16)13(17)15-14/h3-9H,2,14H2,1H3,(H,15,17). The van der Waals surface area contributed by atoms with E-state index in [1.807, 2.05) is 35.0 Å². The number of nitrogens with zero attached hydrogens (tertiary/aromatic N) is 1. The Balaban J connectivity index is 2.53. The fraction of sp³-hybridized carbons (Fsp3) is 0.154. The summed E-state index contributed by atoms with van der Waals surface area (Å²) in [6.07, 6.45) is 2.77. The number of nitrogen functional groups attached to an aromatic ring is 1. The maximum atomic E-state index is 11.6. The minimum atomic E-state index is -0.291. The molecule has 2 rings (SSSR count). The van der Waals surface area contributed by atoms with Gasteiger partial charge < -0.3 is 4.57 Å². The number of aryl methyl sites for hydroxylation is 1. The number of amides is 1. The van der Waals surface area contributed by atoms with E-state index in [1.54, 1.807) is 6.07 Å². The molecule has 0 aliphatic rings. The van der Waals surface area contributed by atoms with Crippen LogP contribution in [0.4, 0.5) is 0 Å². The van der Waals surface area contributed by atoms with Crippen molar-refractivity contribution in [2.75, 3.05) is 0 Å². The molecule has 0 bridgehead atoms. The normalized spacial score (nSPS) is 10.2. The molecule has 1 aromatic heterocycles. The van der Waals surface area contributed by atoms with Crippen molar-refractivity contribution in [3.8, 4) is 5.69 Å². The molecule has 4 heteroatoms. The van der Waals surface area contributed by atoms with Crippen molar-refractivity contribution >= 4 is 5.91 Å². The van der Waals surface area contributed by atoms with Gasteiger partial charge in [-0.05, 0) is 30.2 Å². The van der Waals surface area contributed by atoms with Gasteiger partial charge in [0.05, 0.1) is 0 Å². The molecule has 0 fully saturated rings. The van der Waals surface area contributed by atoms with Crippen molar-refractivity contribution in [2.24, 2.45) is 5.84 Å². The summed E-state index contributed by atoms with van der Waals surface area (Å²) in [5.74, 6) is 4.88. The van der Waals surface area contributed by atoms with Gasteiger partial charge in [-0.15, -0.1) is 0 Å². The zero-order valence-electron chi connectivity index (χ0n) is 9.68. The monoisotopic (exact) mass is 229 g/mol. The van der Waals surface area contributed by atoms with E-state index in [0.29, 0.717) is 5.69 Å². The summed E-state index contributed by atoms with van der Waals surface area (Å²) in [4.78, 5) is 11.6. The van der Waals surface area contributed by atoms with Gasteiger partial charge in [-0.1, -0.05) is 25.1 Å². The quantitative estimate of drug-likeness (QED) is 0.477. The highest BCUT2D eigenvalue weighted by Crippen LogP contribution is 2.18. The molecule has 0 aliphatic heterocycles. The Labute approximate surface area is 100 Å². The fourth-order valence-electron chi connectivity index (χ4n) is 1.89. The highest BCUT2D eigenvalue weighted by Gasteiger charge is 2.11. The summed E-state index contributed by atoms with van der Waals surface area (Å²) in [6.45, 7) is 2.09. The first kappa shape index (κ1) is 11.4. The maximum absolute atomic E-state index is 11.6. The molecule has 0 radical (unpaired) electrons. The zero-order valence-corrected chi connectivity index (χ0v) is 9.68. The van der Waals surface area contributed by atoms with Crippen LogP contribution in [0.5, 0.6) is 0 Å². The molecule has 3 N–H and O–H groups in total. The third kappa shape index (κ3) is 2.07. The molecule has 0 spiro atoms. The molecule has 1 amide bonds. The predicted molar refractivity (Wildman–Crippen MR) is 66.8 cm³/mol. The second-order valence-corrected chi connectivity index (χ2v) is 3.72. The number of para-hydroxylation sites is 1. The van der Waals surface area contributed by atoms with Crippen LogP contribution in [0, 0.1) is 0 Å². The third-order valence-corrected chi connectivity index (χ3v) is 2.74. The van der Waals surface area contributed by atoms with Crippen LogP contribution in [-0.4, -0.2) is 10.5 Å². The van der Waals surface area contributed by atoms with Gasteiger partial charge in [0, 0.05) is 11.9 Å². The van der Waals surface area contributed by atoms with Gasteiger partial charge in [0.1, 0.15) is 5.69 Å². The van der Waals surface area contributed by atoms with Gasteiger partial charge in [0.25, 0.3) is 5.91 Å². The molecule has 0 atom stereocenters. The first-order valence-electron chi connectivity index (χ1n) is 5.54. The second-order valence-electron chi connectivity index (χ2n) is 3.72. The van der Waals surface area contributed by atoms with Crippen molar-refractivity contribution in [1.82, 2.24) is 9.99 Å². The number of aromatic nitrogens is 1. The minimum absolute atomic E-state index is 0.291. The van der Waals surface area contributed by atoms with Gasteiger partial charge >= 0.3 is 0 Å². The largest absolute Gasteiger partial charge is 0.312 e. The van der Waals surface area contributed by atoms with Gasteiger partial charge in [-0.3, -0.25) is 10.2 Å². The van der Waals surface area contributed by atoms with Crippen LogP contribution in [0.3, 0.4) is 0 Å². The number of nitrogens with one attached hydrogen (secondary N) is 1. The van der Waals surface area contributed by atoms with Crippen LogP contribution >= 0.6 is 0 Å². The molecular formula is C13H15N3O. The van der Waals surface area contributed by atoms with Crippen LogP contribution in [0.15, 0.2) is 42.6 Å². The lowest BCUT2D eigenvalue weighted by Gasteiger charge is -2.12. The fourth-order valence-corrected chi connectivity index (χ4v) is 1.89. The molecule has 2 aromatic rings. The number of hydrogen-bond acceptors (Lipinski definition) is 2. The van der Waals surface area contributed by atoms with Crippen molar-refractivity contribution in [1.29, 1.82) is 0 Å². The summed E-state index contributed by atoms with van der Waals surface area (Å²) in [5, 5.41) is 0. The van der Waals surface area contributed by atoms with Crippen molar-refractivity contribution in [3.05, 3.63) is 53.9 Å². The Hall–Kier alpha value is -2.07. The number of benzene rings is 1. The minimum Gasteiger partial charge on any atom is -0.312 e. The lowest BCUT2D eigenvalue weighted by atomic mass is 10.1. The number of hydrogen-bond donors (Lipinski definition) is 2. The Bertz CT molecular complexity index is 531. The highest BCUT2D eigenvalue weighted by atomic mass is 16.2. The Kier molecular flexibility index (Phi) is 3.25. The smallest absolute Gasteiger partial charge is 0.282 e. The van der Waals surface area contributed by atoms with Crippen LogP contribution in [0.25, 0.3) is 5.69 Å². The molecule has 4 nitrogen and oxygen atoms in total. The topological polar surface area (TPSA) is 60.0 Å². The van der Waals surface area contributed by atoms with E-state index < -0.39 is 0 Å². The summed E-state index contributed by atoms with van der Waals surface area (Å²) < 4.78 is 1.85. The van der Waals surface area contributed by atoms with Crippen LogP contribution in [0.1, 0.15) is 23.0 Å². The summed E-state index contributed by atoms with van der Waals surface area (Å²) in [6, 6.07) is 11.6. The number of rotatable bonds is 3. The van der Waals surface area contributed by atoms with E-state index in [-0.39, 0.29) is 5.91 Å². The summed E-state index contributed by atoms with van der Waals surface area (Å²) in [7, 11) is 0. The van der Waals surface area contributed by atoms with Crippen LogP contribution in [0.2, 0.25) is 0 Å². The zero-order chi connectivity index (χ0) is 12.3. The van der Waals surface area contributed by atoms with Crippen molar-refractivity contribution < 1.29 is 4.79 Å². The van der Waals surface area contributed by atoms with Crippen LogP contribution < -0.4 is 11.3 Å². The number of hydrazine groups is 1. The third-order valence-electron chi connectivity index (χ3n) is 2.74. The molecule has 0 unspecified atom stereocenters. The predicted octanol–water partition coefficient (Wildman–Crippen LogP) is 1.64. The number of nitrogens with two attached hydrogens (primary N) is 1. The Morgan fingerprint density at radius 1 is 1.29 bits per heavy atom. The first-order chi connectivity index (χ1) is 8.27. The van der Waals surface area contributed by atoms with Crippen molar-refractivity contribution in [2.45, 2.75) is 13.3 Å². The molecule has 1 heterocycles. The van der Waals surface area contributed by atoms with Gasteiger partial charge in [0.15, 0.2) is 0 Å². The average molecular weight is 229 g/mol. The van der Waals surface area contributed by atoms with E-state index >= 15 is 0 Å². The average Bonchev–Trinajstić information content (AvgIpc) is 2.86. The lowest BCUT2D eigenvalue weighted by Crippen LogP contribution is -2.31. The molecule has 0 saturated heterocycles. The number of carbonyl (C=O) groups excluding carboxylic acids is 1. The summed E-state index contributed by atoms with van der Waals surface area (Å²) >= 11 is 0. The van der Waals surface area contributed by atoms with E-state index in [9.17, 15) is 4.79 Å². The molecule has 88 valence electrons. The Morgan fingerprint density at radius 3 is 2.76 bits per heavy atom. The molecule has 17 heavy (non-hydrogen) atoms. The Morgan fingerprint density at radius 2 is 2.06 bits per heavy atom. The molecule has 0 saturated carbocycles. The molecule has 1 aromatic carbocycles. The van der Waals surface area contributed by atoms with Gasteiger partial charge in [0.2, 0.25) is 0 Å². The number of carbonyl (C=O) groups is 1. The van der Waals surface area contributed by atoms with Crippen LogP contribution in [-0.2, 0) is 6.42 Å². The summed E-state index contributed by atoms with van der Waals surface area (Å²) in [5.41, 5.74) is 4.89. The van der Waals surface area contributed by atoms with E-state index in [2.05, 4.69) is 18.4 Å². The van der Waals surface area contributed by atoms with Crippen molar-refractivity contribution in [3.63, 3.8) is 0 Å². The lowest BCUT2D eigenvalue weighted by molar-refractivity contribution is 0.0947. The van der Waals surface area contributed by atoms with Gasteiger partial charge in [-0.25, -0.2) is 5.84 Å². The first-order valence-corrected chi connectivity index (χ1v) is 5.54.